The fraction of sp³-hybridized carbons (Fsp3) is 0.250. The maximum atomic E-state index is 13.0. The van der Waals surface area contributed by atoms with Crippen LogP contribution in [0.15, 0.2) is 23.6 Å². The molecular formula is C12H13FN2S. The van der Waals surface area contributed by atoms with Crippen LogP contribution in [0, 0.1) is 12.7 Å². The fourth-order valence-electron chi connectivity index (χ4n) is 1.49. The summed E-state index contributed by atoms with van der Waals surface area (Å²) < 4.78 is 13.0. The van der Waals surface area contributed by atoms with Gasteiger partial charge in [-0.05, 0) is 37.6 Å². The van der Waals surface area contributed by atoms with Crippen molar-refractivity contribution in [3.8, 4) is 10.6 Å². The topological polar surface area (TPSA) is 38.9 Å². The summed E-state index contributed by atoms with van der Waals surface area (Å²) in [6.07, 6.45) is 0. The molecule has 2 aromatic rings. The number of nitrogens with two attached hydrogens (primary N) is 1. The maximum absolute atomic E-state index is 13.0. The highest BCUT2D eigenvalue weighted by Gasteiger charge is 2.09. The highest BCUT2D eigenvalue weighted by molar-refractivity contribution is 7.13. The summed E-state index contributed by atoms with van der Waals surface area (Å²) in [7, 11) is 0. The minimum atomic E-state index is -0.217. The summed E-state index contributed by atoms with van der Waals surface area (Å²) in [5, 5.41) is 2.84. The van der Waals surface area contributed by atoms with Gasteiger partial charge in [-0.2, -0.15) is 0 Å². The van der Waals surface area contributed by atoms with Crippen LogP contribution in [-0.4, -0.2) is 4.98 Å². The molecule has 1 aromatic carbocycles. The lowest BCUT2D eigenvalue weighted by Crippen LogP contribution is -2.04. The van der Waals surface area contributed by atoms with E-state index in [9.17, 15) is 4.39 Å². The van der Waals surface area contributed by atoms with Gasteiger partial charge >= 0.3 is 0 Å². The second-order valence-corrected chi connectivity index (χ2v) is 4.68. The molecule has 0 aliphatic heterocycles. The van der Waals surface area contributed by atoms with Crippen LogP contribution in [-0.2, 0) is 0 Å². The number of benzene rings is 1. The molecule has 0 amide bonds. The first-order valence-electron chi connectivity index (χ1n) is 5.05. The number of hydrogen-bond acceptors (Lipinski definition) is 3. The van der Waals surface area contributed by atoms with E-state index in [1.807, 2.05) is 19.2 Å². The third kappa shape index (κ3) is 2.13. The van der Waals surface area contributed by atoms with Crippen LogP contribution in [0.1, 0.15) is 24.2 Å². The molecule has 1 unspecified atom stereocenters. The van der Waals surface area contributed by atoms with Crippen LogP contribution in [0.2, 0.25) is 0 Å². The summed E-state index contributed by atoms with van der Waals surface area (Å²) >= 11 is 1.54. The summed E-state index contributed by atoms with van der Waals surface area (Å²) in [5.74, 6) is -0.217. The average Bonchev–Trinajstić information content (AvgIpc) is 2.66. The number of hydrogen-bond donors (Lipinski definition) is 1. The van der Waals surface area contributed by atoms with Crippen LogP contribution >= 0.6 is 11.3 Å². The summed E-state index contributed by atoms with van der Waals surface area (Å²) in [6, 6.07) is 4.66. The zero-order chi connectivity index (χ0) is 11.7. The average molecular weight is 236 g/mol. The van der Waals surface area contributed by atoms with Gasteiger partial charge in [0.2, 0.25) is 0 Å². The van der Waals surface area contributed by atoms with Gasteiger partial charge in [0, 0.05) is 17.0 Å². The Morgan fingerprint density at radius 2 is 2.19 bits per heavy atom. The second kappa shape index (κ2) is 4.31. The molecule has 0 spiro atoms. The molecule has 0 saturated heterocycles. The quantitative estimate of drug-likeness (QED) is 0.869. The van der Waals surface area contributed by atoms with Gasteiger partial charge in [0.15, 0.2) is 0 Å². The minimum absolute atomic E-state index is 0.0641. The Morgan fingerprint density at radius 1 is 1.44 bits per heavy atom. The third-order valence-electron chi connectivity index (χ3n) is 2.41. The van der Waals surface area contributed by atoms with E-state index < -0.39 is 0 Å². The molecule has 2 rings (SSSR count). The number of thiazole rings is 1. The Labute approximate surface area is 97.9 Å². The molecule has 2 N–H and O–H groups in total. The molecule has 1 aromatic heterocycles. The lowest BCUT2D eigenvalue weighted by molar-refractivity contribution is 0.627. The van der Waals surface area contributed by atoms with Gasteiger partial charge in [0.25, 0.3) is 0 Å². The first-order valence-corrected chi connectivity index (χ1v) is 5.93. The van der Waals surface area contributed by atoms with E-state index in [-0.39, 0.29) is 11.9 Å². The molecule has 0 radical (unpaired) electrons. The molecular weight excluding hydrogens is 223 g/mol. The monoisotopic (exact) mass is 236 g/mol. The molecule has 0 aliphatic carbocycles. The van der Waals surface area contributed by atoms with Gasteiger partial charge in [-0.1, -0.05) is 0 Å². The first-order chi connectivity index (χ1) is 7.58. The Morgan fingerprint density at radius 3 is 2.75 bits per heavy atom. The lowest BCUT2D eigenvalue weighted by atomic mass is 10.1. The predicted molar refractivity (Wildman–Crippen MR) is 64.8 cm³/mol. The molecule has 2 nitrogen and oxygen atoms in total. The van der Waals surface area contributed by atoms with Crippen molar-refractivity contribution >= 4 is 11.3 Å². The SMILES string of the molecule is Cc1cc(F)ccc1-c1nc(C(C)N)cs1. The van der Waals surface area contributed by atoms with Gasteiger partial charge in [-0.15, -0.1) is 11.3 Å². The van der Waals surface area contributed by atoms with Crippen molar-refractivity contribution in [1.82, 2.24) is 4.98 Å². The lowest BCUT2D eigenvalue weighted by Gasteiger charge is -2.02. The molecule has 0 fully saturated rings. The van der Waals surface area contributed by atoms with E-state index in [0.29, 0.717) is 0 Å². The number of aromatic nitrogens is 1. The van der Waals surface area contributed by atoms with Crippen molar-refractivity contribution < 1.29 is 4.39 Å². The Balaban J connectivity index is 2.42. The largest absolute Gasteiger partial charge is 0.323 e. The molecule has 0 bridgehead atoms. The molecule has 1 atom stereocenters. The van der Waals surface area contributed by atoms with Crippen molar-refractivity contribution in [2.24, 2.45) is 5.73 Å². The third-order valence-corrected chi connectivity index (χ3v) is 3.30. The summed E-state index contributed by atoms with van der Waals surface area (Å²) in [5.41, 5.74) is 8.49. The van der Waals surface area contributed by atoms with Gasteiger partial charge < -0.3 is 5.73 Å². The van der Waals surface area contributed by atoms with E-state index in [0.717, 1.165) is 21.8 Å². The zero-order valence-corrected chi connectivity index (χ0v) is 10.0. The standard InChI is InChI=1S/C12H13FN2S/c1-7-5-9(13)3-4-10(7)12-15-11(6-16-12)8(2)14/h3-6,8H,14H2,1-2H3. The van der Waals surface area contributed by atoms with Gasteiger partial charge in [-0.25, -0.2) is 9.37 Å². The van der Waals surface area contributed by atoms with E-state index in [1.165, 1.54) is 23.5 Å². The smallest absolute Gasteiger partial charge is 0.123 e. The van der Waals surface area contributed by atoms with Crippen LogP contribution in [0.25, 0.3) is 10.6 Å². The number of rotatable bonds is 2. The molecule has 0 aliphatic rings. The number of nitrogens with zero attached hydrogens (tertiary/aromatic N) is 1. The van der Waals surface area contributed by atoms with Gasteiger partial charge in [-0.3, -0.25) is 0 Å². The van der Waals surface area contributed by atoms with Crippen molar-refractivity contribution in [1.29, 1.82) is 0 Å². The Kier molecular flexibility index (Phi) is 3.03. The van der Waals surface area contributed by atoms with Crippen LogP contribution in [0.4, 0.5) is 4.39 Å². The predicted octanol–water partition coefficient (Wildman–Crippen LogP) is 3.28. The molecule has 16 heavy (non-hydrogen) atoms. The van der Waals surface area contributed by atoms with Crippen molar-refractivity contribution in [2.75, 3.05) is 0 Å². The summed E-state index contributed by atoms with van der Waals surface area (Å²) in [4.78, 5) is 4.44. The highest BCUT2D eigenvalue weighted by Crippen LogP contribution is 2.28. The van der Waals surface area contributed by atoms with Crippen LogP contribution in [0.3, 0.4) is 0 Å². The van der Waals surface area contributed by atoms with E-state index in [1.54, 1.807) is 6.07 Å². The molecule has 0 saturated carbocycles. The Bertz CT molecular complexity index is 505. The molecule has 84 valence electrons. The second-order valence-electron chi connectivity index (χ2n) is 3.83. The number of halogens is 1. The number of aryl methyl sites for hydroxylation is 1. The minimum Gasteiger partial charge on any atom is -0.323 e. The van der Waals surface area contributed by atoms with Crippen LogP contribution < -0.4 is 5.73 Å². The Hall–Kier alpha value is -1.26. The highest BCUT2D eigenvalue weighted by atomic mass is 32.1. The normalized spacial score (nSPS) is 12.8. The van der Waals surface area contributed by atoms with Gasteiger partial charge in [0.05, 0.1) is 5.69 Å². The fourth-order valence-corrected chi connectivity index (χ4v) is 2.50. The summed E-state index contributed by atoms with van der Waals surface area (Å²) in [6.45, 7) is 3.78. The van der Waals surface area contributed by atoms with Crippen molar-refractivity contribution in [2.45, 2.75) is 19.9 Å². The molecule has 1 heterocycles. The van der Waals surface area contributed by atoms with Crippen molar-refractivity contribution in [3.63, 3.8) is 0 Å². The van der Waals surface area contributed by atoms with E-state index in [2.05, 4.69) is 4.98 Å². The van der Waals surface area contributed by atoms with Crippen molar-refractivity contribution in [3.05, 3.63) is 40.7 Å². The van der Waals surface area contributed by atoms with E-state index in [4.69, 9.17) is 5.73 Å². The zero-order valence-electron chi connectivity index (χ0n) is 9.20. The van der Waals surface area contributed by atoms with E-state index >= 15 is 0 Å². The van der Waals surface area contributed by atoms with Crippen LogP contribution in [0.5, 0.6) is 0 Å². The van der Waals surface area contributed by atoms with Gasteiger partial charge in [0.1, 0.15) is 10.8 Å². The maximum Gasteiger partial charge on any atom is 0.123 e. The first kappa shape index (κ1) is 11.2. The molecule has 4 heteroatoms.